The van der Waals surface area contributed by atoms with Gasteiger partial charge in [-0.25, -0.2) is 4.39 Å². The Morgan fingerprint density at radius 2 is 2.05 bits per heavy atom. The predicted molar refractivity (Wildman–Crippen MR) is 74.5 cm³/mol. The van der Waals surface area contributed by atoms with Crippen molar-refractivity contribution in [3.05, 3.63) is 57.8 Å². The molecule has 5 heteroatoms. The monoisotopic (exact) mass is 336 g/mol. The molecule has 102 valence electrons. The molecule has 0 saturated heterocycles. The lowest BCUT2D eigenvalue weighted by molar-refractivity contribution is 0.0849. The normalized spacial score (nSPS) is 17.5. The van der Waals surface area contributed by atoms with Crippen LogP contribution in [0.5, 0.6) is 11.5 Å². The second kappa shape index (κ2) is 4.90. The van der Waals surface area contributed by atoms with Crippen LogP contribution in [0.2, 0.25) is 0 Å². The molecule has 0 fully saturated rings. The molecule has 1 aliphatic rings. The van der Waals surface area contributed by atoms with Gasteiger partial charge in [-0.15, -0.1) is 0 Å². The number of hydrogen-bond donors (Lipinski definition) is 1. The van der Waals surface area contributed by atoms with Crippen molar-refractivity contribution in [1.29, 1.82) is 0 Å². The van der Waals surface area contributed by atoms with Gasteiger partial charge in [0.05, 0.1) is 12.0 Å². The average Bonchev–Trinajstić information content (AvgIpc) is 2.41. The van der Waals surface area contributed by atoms with Crippen molar-refractivity contribution in [3.63, 3.8) is 0 Å². The number of fused-ring (bicyclic) bond motifs is 1. The highest BCUT2D eigenvalue weighted by Gasteiger charge is 2.28. The number of phenols is 1. The number of carbonyl (C=O) groups is 1. The molecule has 0 aromatic heterocycles. The van der Waals surface area contributed by atoms with Crippen molar-refractivity contribution in [2.75, 3.05) is 0 Å². The number of ether oxygens (including phenoxy) is 1. The zero-order valence-electron chi connectivity index (χ0n) is 10.3. The van der Waals surface area contributed by atoms with Gasteiger partial charge in [0.15, 0.2) is 17.3 Å². The molecular formula is C15H10BrFO3. The number of aromatic hydroxyl groups is 1. The first-order valence-corrected chi connectivity index (χ1v) is 6.82. The van der Waals surface area contributed by atoms with Gasteiger partial charge in [0.1, 0.15) is 11.9 Å². The molecule has 3 rings (SSSR count). The predicted octanol–water partition coefficient (Wildman–Crippen LogP) is 4.00. The van der Waals surface area contributed by atoms with Crippen molar-refractivity contribution in [3.8, 4) is 11.5 Å². The lowest BCUT2D eigenvalue weighted by Gasteiger charge is -2.25. The molecule has 1 aliphatic heterocycles. The first-order chi connectivity index (χ1) is 9.54. The van der Waals surface area contributed by atoms with E-state index >= 15 is 0 Å². The number of carbonyl (C=O) groups excluding carboxylic acids is 1. The van der Waals surface area contributed by atoms with Gasteiger partial charge in [-0.1, -0.05) is 22.0 Å². The lowest BCUT2D eigenvalue weighted by Crippen LogP contribution is -2.20. The van der Waals surface area contributed by atoms with Crippen LogP contribution in [0.1, 0.15) is 28.4 Å². The third-order valence-electron chi connectivity index (χ3n) is 3.23. The number of phenolic OH excluding ortho intramolecular Hbond substituents is 1. The molecule has 3 nitrogen and oxygen atoms in total. The minimum atomic E-state index is -0.724. The number of benzene rings is 2. The molecule has 2 aromatic rings. The third-order valence-corrected chi connectivity index (χ3v) is 3.72. The van der Waals surface area contributed by atoms with E-state index in [0.29, 0.717) is 16.9 Å². The summed E-state index contributed by atoms with van der Waals surface area (Å²) in [5, 5.41) is 9.20. The zero-order chi connectivity index (χ0) is 14.3. The summed E-state index contributed by atoms with van der Waals surface area (Å²) in [7, 11) is 0. The third kappa shape index (κ3) is 2.29. The number of rotatable bonds is 1. The van der Waals surface area contributed by atoms with Crippen molar-refractivity contribution >= 4 is 21.7 Å². The van der Waals surface area contributed by atoms with Crippen LogP contribution in [0.4, 0.5) is 4.39 Å². The first-order valence-electron chi connectivity index (χ1n) is 6.02. The number of hydrogen-bond acceptors (Lipinski definition) is 3. The van der Waals surface area contributed by atoms with E-state index in [0.717, 1.165) is 4.47 Å². The molecule has 0 aliphatic carbocycles. The number of Topliss-reactive ketones (excluding diaryl/α,β-unsaturated/α-hetero) is 1. The Kier molecular flexibility index (Phi) is 3.22. The largest absolute Gasteiger partial charge is 0.505 e. The van der Waals surface area contributed by atoms with Crippen molar-refractivity contribution in [2.45, 2.75) is 12.5 Å². The highest BCUT2D eigenvalue weighted by molar-refractivity contribution is 9.10. The number of halogens is 2. The minimum Gasteiger partial charge on any atom is -0.505 e. The molecule has 1 heterocycles. The van der Waals surface area contributed by atoms with Gasteiger partial charge in [0, 0.05) is 4.47 Å². The van der Waals surface area contributed by atoms with E-state index in [1.54, 1.807) is 24.3 Å². The maximum atomic E-state index is 13.4. The highest BCUT2D eigenvalue weighted by Crippen LogP contribution is 2.37. The van der Waals surface area contributed by atoms with Crippen LogP contribution in [0.15, 0.2) is 40.9 Å². The van der Waals surface area contributed by atoms with E-state index in [4.69, 9.17) is 4.74 Å². The van der Waals surface area contributed by atoms with Gasteiger partial charge >= 0.3 is 0 Å². The van der Waals surface area contributed by atoms with Crippen LogP contribution in [0.25, 0.3) is 0 Å². The summed E-state index contributed by atoms with van der Waals surface area (Å²) in [6, 6.07) is 9.21. The van der Waals surface area contributed by atoms with Gasteiger partial charge in [-0.3, -0.25) is 4.79 Å². The summed E-state index contributed by atoms with van der Waals surface area (Å²) < 4.78 is 20.0. The molecule has 1 N–H and O–H groups in total. The Labute approximate surface area is 123 Å². The summed E-state index contributed by atoms with van der Waals surface area (Å²) in [6.45, 7) is 0. The fourth-order valence-electron chi connectivity index (χ4n) is 2.21. The summed E-state index contributed by atoms with van der Waals surface area (Å²) in [5.41, 5.74) is 1.06. The Morgan fingerprint density at radius 3 is 2.80 bits per heavy atom. The summed E-state index contributed by atoms with van der Waals surface area (Å²) >= 11 is 3.32. The van der Waals surface area contributed by atoms with Gasteiger partial charge in [-0.2, -0.15) is 0 Å². The molecule has 1 unspecified atom stereocenters. The Balaban J connectivity index is 1.98. The van der Waals surface area contributed by atoms with Crippen LogP contribution in [0, 0.1) is 5.82 Å². The van der Waals surface area contributed by atoms with Gasteiger partial charge in [0.25, 0.3) is 0 Å². The zero-order valence-corrected chi connectivity index (χ0v) is 11.9. The van der Waals surface area contributed by atoms with Crippen LogP contribution in [0.3, 0.4) is 0 Å². The van der Waals surface area contributed by atoms with Crippen molar-refractivity contribution in [1.82, 2.24) is 0 Å². The SMILES string of the molecule is O=C1CC(c2ccc(O)c(F)c2)Oc2cc(Br)ccc21. The fraction of sp³-hybridized carbons (Fsp3) is 0.133. The standard InChI is InChI=1S/C15H10BrFO3/c16-9-2-3-10-13(19)7-14(20-15(10)6-9)8-1-4-12(18)11(17)5-8/h1-6,14,18H,7H2. The van der Waals surface area contributed by atoms with Gasteiger partial charge < -0.3 is 9.84 Å². The lowest BCUT2D eigenvalue weighted by atomic mass is 9.96. The van der Waals surface area contributed by atoms with E-state index in [1.807, 2.05) is 0 Å². The van der Waals surface area contributed by atoms with E-state index in [2.05, 4.69) is 15.9 Å². The smallest absolute Gasteiger partial charge is 0.170 e. The molecular weight excluding hydrogens is 327 g/mol. The van der Waals surface area contributed by atoms with Crippen LogP contribution in [-0.4, -0.2) is 10.9 Å². The fourth-order valence-corrected chi connectivity index (χ4v) is 2.55. The molecule has 2 aromatic carbocycles. The summed E-state index contributed by atoms with van der Waals surface area (Å²) in [5.74, 6) is -0.705. The molecule has 0 amide bonds. The van der Waals surface area contributed by atoms with Gasteiger partial charge in [0.2, 0.25) is 0 Å². The van der Waals surface area contributed by atoms with Crippen molar-refractivity contribution in [2.24, 2.45) is 0 Å². The molecule has 0 saturated carbocycles. The average molecular weight is 337 g/mol. The molecule has 0 spiro atoms. The Hall–Kier alpha value is -1.88. The molecule has 20 heavy (non-hydrogen) atoms. The van der Waals surface area contributed by atoms with E-state index in [9.17, 15) is 14.3 Å². The van der Waals surface area contributed by atoms with Crippen LogP contribution < -0.4 is 4.74 Å². The molecule has 1 atom stereocenters. The highest BCUT2D eigenvalue weighted by atomic mass is 79.9. The van der Waals surface area contributed by atoms with E-state index in [-0.39, 0.29) is 12.2 Å². The van der Waals surface area contributed by atoms with Crippen LogP contribution in [-0.2, 0) is 0 Å². The second-order valence-corrected chi connectivity index (χ2v) is 5.50. The maximum Gasteiger partial charge on any atom is 0.170 e. The molecule has 0 bridgehead atoms. The van der Waals surface area contributed by atoms with Gasteiger partial charge in [-0.05, 0) is 35.9 Å². The quantitative estimate of drug-likeness (QED) is 0.856. The van der Waals surface area contributed by atoms with Crippen molar-refractivity contribution < 1.29 is 19.0 Å². The Bertz CT molecular complexity index is 700. The summed E-state index contributed by atoms with van der Waals surface area (Å²) in [4.78, 5) is 12.1. The molecule has 0 radical (unpaired) electrons. The Morgan fingerprint density at radius 1 is 1.25 bits per heavy atom. The summed E-state index contributed by atoms with van der Waals surface area (Å²) in [6.07, 6.45) is -0.391. The topological polar surface area (TPSA) is 46.5 Å². The number of ketones is 1. The maximum absolute atomic E-state index is 13.4. The minimum absolute atomic E-state index is 0.0442. The second-order valence-electron chi connectivity index (χ2n) is 4.59. The first kappa shape index (κ1) is 13.1. The van der Waals surface area contributed by atoms with E-state index < -0.39 is 17.7 Å². The van der Waals surface area contributed by atoms with E-state index in [1.165, 1.54) is 12.1 Å². The van der Waals surface area contributed by atoms with Crippen LogP contribution >= 0.6 is 15.9 Å².